The molecule has 0 bridgehead atoms. The Morgan fingerprint density at radius 1 is 1.27 bits per heavy atom. The molecule has 0 fully saturated rings. The van der Waals surface area contributed by atoms with Crippen LogP contribution < -0.4 is 11.1 Å². The second-order valence-electron chi connectivity index (χ2n) is 3.24. The lowest BCUT2D eigenvalue weighted by Gasteiger charge is -2.06. The van der Waals surface area contributed by atoms with Crippen molar-refractivity contribution in [2.45, 2.75) is 6.92 Å². The third-order valence-electron chi connectivity index (χ3n) is 2.06. The van der Waals surface area contributed by atoms with Crippen LogP contribution >= 0.6 is 0 Å². The molecule has 0 amide bonds. The number of nitrogens with one attached hydrogen (secondary N) is 1. The number of hydrogen-bond donors (Lipinski definition) is 2. The molecular formula is C11H12N4. The molecule has 0 aromatic carbocycles. The van der Waals surface area contributed by atoms with Gasteiger partial charge in [-0.2, -0.15) is 0 Å². The fourth-order valence-electron chi connectivity index (χ4n) is 1.23. The van der Waals surface area contributed by atoms with E-state index in [1.807, 2.05) is 31.2 Å². The van der Waals surface area contributed by atoms with Gasteiger partial charge < -0.3 is 11.1 Å². The third kappa shape index (κ3) is 2.22. The molecule has 0 radical (unpaired) electrons. The lowest BCUT2D eigenvalue weighted by Crippen LogP contribution is -1.98. The van der Waals surface area contributed by atoms with Gasteiger partial charge in [-0.25, -0.2) is 4.98 Å². The molecule has 2 aromatic rings. The molecule has 0 unspecified atom stereocenters. The first-order chi connectivity index (χ1) is 7.25. The van der Waals surface area contributed by atoms with E-state index in [-0.39, 0.29) is 0 Å². The van der Waals surface area contributed by atoms with Crippen molar-refractivity contribution in [3.63, 3.8) is 0 Å². The summed E-state index contributed by atoms with van der Waals surface area (Å²) < 4.78 is 0. The SMILES string of the molecule is Cc1nc(Nc2cccnc2)ccc1N. The van der Waals surface area contributed by atoms with E-state index >= 15 is 0 Å². The summed E-state index contributed by atoms with van der Waals surface area (Å²) in [6.07, 6.45) is 3.47. The first-order valence-corrected chi connectivity index (χ1v) is 4.66. The fraction of sp³-hybridized carbons (Fsp3) is 0.0909. The average molecular weight is 200 g/mol. The summed E-state index contributed by atoms with van der Waals surface area (Å²) in [4.78, 5) is 8.31. The maximum absolute atomic E-state index is 5.68. The van der Waals surface area contributed by atoms with Gasteiger partial charge in [0.25, 0.3) is 0 Å². The van der Waals surface area contributed by atoms with E-state index in [0.717, 1.165) is 17.2 Å². The Morgan fingerprint density at radius 3 is 2.80 bits per heavy atom. The van der Waals surface area contributed by atoms with Gasteiger partial charge in [0.1, 0.15) is 5.82 Å². The summed E-state index contributed by atoms with van der Waals surface area (Å²) in [5, 5.41) is 3.14. The summed E-state index contributed by atoms with van der Waals surface area (Å²) in [7, 11) is 0. The van der Waals surface area contributed by atoms with Gasteiger partial charge in [0.15, 0.2) is 0 Å². The average Bonchev–Trinajstić information content (AvgIpc) is 2.25. The summed E-state index contributed by atoms with van der Waals surface area (Å²) in [6.45, 7) is 1.88. The van der Waals surface area contributed by atoms with Crippen molar-refractivity contribution in [1.82, 2.24) is 9.97 Å². The first kappa shape index (κ1) is 9.45. The zero-order chi connectivity index (χ0) is 10.7. The van der Waals surface area contributed by atoms with Crippen LogP contribution in [0.2, 0.25) is 0 Å². The smallest absolute Gasteiger partial charge is 0.130 e. The Hall–Kier alpha value is -2.10. The standard InChI is InChI=1S/C11H12N4/c1-8-10(12)4-5-11(14-8)15-9-3-2-6-13-7-9/h2-7H,12H2,1H3,(H,14,15). The van der Waals surface area contributed by atoms with E-state index < -0.39 is 0 Å². The molecule has 2 aromatic heterocycles. The van der Waals surface area contributed by atoms with Crippen LogP contribution in [0.4, 0.5) is 17.2 Å². The molecule has 15 heavy (non-hydrogen) atoms. The largest absolute Gasteiger partial charge is 0.397 e. The number of pyridine rings is 2. The zero-order valence-electron chi connectivity index (χ0n) is 8.44. The maximum atomic E-state index is 5.68. The van der Waals surface area contributed by atoms with Gasteiger partial charge in [0, 0.05) is 6.20 Å². The van der Waals surface area contributed by atoms with Crippen LogP contribution in [-0.2, 0) is 0 Å². The highest BCUT2D eigenvalue weighted by Crippen LogP contribution is 2.16. The number of aromatic nitrogens is 2. The molecule has 2 heterocycles. The highest BCUT2D eigenvalue weighted by molar-refractivity contribution is 5.57. The Morgan fingerprint density at radius 2 is 2.13 bits per heavy atom. The number of nitrogen functional groups attached to an aromatic ring is 1. The summed E-state index contributed by atoms with van der Waals surface area (Å²) in [6, 6.07) is 7.48. The van der Waals surface area contributed by atoms with E-state index in [2.05, 4.69) is 15.3 Å². The van der Waals surface area contributed by atoms with Gasteiger partial charge in [-0.3, -0.25) is 4.98 Å². The zero-order valence-corrected chi connectivity index (χ0v) is 8.44. The third-order valence-corrected chi connectivity index (χ3v) is 2.06. The molecule has 2 rings (SSSR count). The lowest BCUT2D eigenvalue weighted by atomic mass is 10.3. The Kier molecular flexibility index (Phi) is 2.49. The molecule has 3 N–H and O–H groups in total. The Bertz CT molecular complexity index is 453. The first-order valence-electron chi connectivity index (χ1n) is 4.66. The van der Waals surface area contributed by atoms with Gasteiger partial charge in [-0.05, 0) is 31.2 Å². The molecule has 4 heteroatoms. The van der Waals surface area contributed by atoms with Crippen LogP contribution in [0, 0.1) is 6.92 Å². The van der Waals surface area contributed by atoms with E-state index in [9.17, 15) is 0 Å². The second kappa shape index (κ2) is 3.96. The normalized spacial score (nSPS) is 9.93. The Balaban J connectivity index is 2.22. The minimum absolute atomic E-state index is 0.701. The van der Waals surface area contributed by atoms with Gasteiger partial charge in [-0.1, -0.05) is 0 Å². The molecule has 0 saturated carbocycles. The quantitative estimate of drug-likeness (QED) is 0.779. The molecule has 0 aliphatic carbocycles. The summed E-state index contributed by atoms with van der Waals surface area (Å²) >= 11 is 0. The molecule has 0 atom stereocenters. The van der Waals surface area contributed by atoms with Crippen molar-refractivity contribution in [3.05, 3.63) is 42.4 Å². The number of aryl methyl sites for hydroxylation is 1. The van der Waals surface area contributed by atoms with Crippen LogP contribution in [0.5, 0.6) is 0 Å². The highest BCUT2D eigenvalue weighted by atomic mass is 15.0. The van der Waals surface area contributed by atoms with Gasteiger partial charge >= 0.3 is 0 Å². The summed E-state index contributed by atoms with van der Waals surface area (Å²) in [5.74, 6) is 0.773. The number of anilines is 3. The molecule has 0 spiro atoms. The molecular weight excluding hydrogens is 188 g/mol. The van der Waals surface area contributed by atoms with Gasteiger partial charge in [-0.15, -0.1) is 0 Å². The lowest BCUT2D eigenvalue weighted by molar-refractivity contribution is 1.20. The van der Waals surface area contributed by atoms with Crippen molar-refractivity contribution in [3.8, 4) is 0 Å². The van der Waals surface area contributed by atoms with E-state index in [4.69, 9.17) is 5.73 Å². The minimum atomic E-state index is 0.701. The Labute approximate surface area is 88.2 Å². The number of rotatable bonds is 2. The van der Waals surface area contributed by atoms with Crippen LogP contribution in [0.25, 0.3) is 0 Å². The predicted molar refractivity (Wildman–Crippen MR) is 60.9 cm³/mol. The second-order valence-corrected chi connectivity index (χ2v) is 3.24. The molecule has 0 aliphatic heterocycles. The van der Waals surface area contributed by atoms with Crippen molar-refractivity contribution < 1.29 is 0 Å². The van der Waals surface area contributed by atoms with Crippen LogP contribution in [0.3, 0.4) is 0 Å². The van der Waals surface area contributed by atoms with E-state index in [1.54, 1.807) is 12.4 Å². The van der Waals surface area contributed by atoms with E-state index in [1.165, 1.54) is 0 Å². The highest BCUT2D eigenvalue weighted by Gasteiger charge is 1.98. The fourth-order valence-corrected chi connectivity index (χ4v) is 1.23. The number of nitrogens with two attached hydrogens (primary N) is 1. The molecule has 0 saturated heterocycles. The maximum Gasteiger partial charge on any atom is 0.130 e. The van der Waals surface area contributed by atoms with Crippen LogP contribution in [0.15, 0.2) is 36.7 Å². The minimum Gasteiger partial charge on any atom is -0.397 e. The van der Waals surface area contributed by atoms with Gasteiger partial charge in [0.2, 0.25) is 0 Å². The van der Waals surface area contributed by atoms with Crippen molar-refractivity contribution in [2.75, 3.05) is 11.1 Å². The van der Waals surface area contributed by atoms with Crippen LogP contribution in [-0.4, -0.2) is 9.97 Å². The van der Waals surface area contributed by atoms with E-state index in [0.29, 0.717) is 5.69 Å². The molecule has 76 valence electrons. The summed E-state index contributed by atoms with van der Waals surface area (Å²) in [5.41, 5.74) is 8.11. The predicted octanol–water partition coefficient (Wildman–Crippen LogP) is 2.11. The van der Waals surface area contributed by atoms with Gasteiger partial charge in [0.05, 0.1) is 23.3 Å². The van der Waals surface area contributed by atoms with Crippen molar-refractivity contribution in [1.29, 1.82) is 0 Å². The number of hydrogen-bond acceptors (Lipinski definition) is 4. The van der Waals surface area contributed by atoms with Crippen molar-refractivity contribution in [2.24, 2.45) is 0 Å². The monoisotopic (exact) mass is 200 g/mol. The number of nitrogens with zero attached hydrogens (tertiary/aromatic N) is 2. The molecule has 4 nitrogen and oxygen atoms in total. The topological polar surface area (TPSA) is 63.8 Å². The van der Waals surface area contributed by atoms with Crippen molar-refractivity contribution >= 4 is 17.2 Å². The van der Waals surface area contributed by atoms with Crippen LogP contribution in [0.1, 0.15) is 5.69 Å². The molecule has 0 aliphatic rings.